The molecule has 0 amide bonds. The molecule has 2 fully saturated rings. The first kappa shape index (κ1) is 11.3. The first-order valence-electron chi connectivity index (χ1n) is 7.47. The molecule has 1 aromatic rings. The van der Waals surface area contributed by atoms with Gasteiger partial charge in [0.15, 0.2) is 0 Å². The van der Waals surface area contributed by atoms with Crippen LogP contribution in [-0.2, 0) is 5.41 Å². The highest BCUT2D eigenvalue weighted by atomic mass is 14.5. The summed E-state index contributed by atoms with van der Waals surface area (Å²) < 4.78 is 0. The van der Waals surface area contributed by atoms with Gasteiger partial charge in [0, 0.05) is 0 Å². The Bertz CT molecular complexity index is 340. The van der Waals surface area contributed by atoms with Crippen LogP contribution in [0.3, 0.4) is 0 Å². The van der Waals surface area contributed by atoms with Crippen molar-refractivity contribution in [3.8, 4) is 0 Å². The van der Waals surface area contributed by atoms with Crippen molar-refractivity contribution >= 4 is 0 Å². The summed E-state index contributed by atoms with van der Waals surface area (Å²) in [4.78, 5) is 0. The molecule has 0 saturated heterocycles. The normalized spacial score (nSPS) is 24.9. The first-order valence-corrected chi connectivity index (χ1v) is 7.47. The molecule has 3 rings (SSSR count). The lowest BCUT2D eigenvalue weighted by molar-refractivity contribution is 0.192. The van der Waals surface area contributed by atoms with Crippen LogP contribution in [0.25, 0.3) is 0 Å². The van der Waals surface area contributed by atoms with E-state index in [0.717, 1.165) is 5.92 Å². The molecule has 0 spiro atoms. The molecular weight excluding hydrogens is 204 g/mol. The molecule has 0 atom stereocenters. The summed E-state index contributed by atoms with van der Waals surface area (Å²) in [5.41, 5.74) is 2.20. The molecule has 2 aliphatic rings. The van der Waals surface area contributed by atoms with Crippen LogP contribution >= 0.6 is 0 Å². The van der Waals surface area contributed by atoms with Gasteiger partial charge in [0.25, 0.3) is 0 Å². The predicted octanol–water partition coefficient (Wildman–Crippen LogP) is 5.08. The third kappa shape index (κ3) is 2.03. The summed E-state index contributed by atoms with van der Waals surface area (Å²) in [6.07, 6.45) is 13.2. The van der Waals surface area contributed by atoms with Crippen molar-refractivity contribution in [3.63, 3.8) is 0 Å². The van der Waals surface area contributed by atoms with Crippen LogP contribution in [0.4, 0.5) is 0 Å². The topological polar surface area (TPSA) is 0 Å². The second-order valence-corrected chi connectivity index (χ2v) is 6.06. The zero-order valence-electron chi connectivity index (χ0n) is 10.8. The lowest BCUT2D eigenvalue weighted by Gasteiger charge is -2.43. The van der Waals surface area contributed by atoms with Gasteiger partial charge in [-0.15, -0.1) is 0 Å². The van der Waals surface area contributed by atoms with Crippen molar-refractivity contribution in [2.24, 2.45) is 5.92 Å². The Labute approximate surface area is 105 Å². The van der Waals surface area contributed by atoms with Crippen molar-refractivity contribution in [3.05, 3.63) is 35.9 Å². The van der Waals surface area contributed by atoms with Crippen LogP contribution in [0.2, 0.25) is 0 Å². The van der Waals surface area contributed by atoms with Gasteiger partial charge < -0.3 is 0 Å². The minimum Gasteiger partial charge on any atom is -0.0622 e. The lowest BCUT2D eigenvalue weighted by atomic mass is 9.61. The van der Waals surface area contributed by atoms with Gasteiger partial charge >= 0.3 is 0 Å². The molecule has 17 heavy (non-hydrogen) atoms. The van der Waals surface area contributed by atoms with E-state index in [-0.39, 0.29) is 0 Å². The van der Waals surface area contributed by atoms with Gasteiger partial charge in [-0.05, 0) is 42.6 Å². The quantitative estimate of drug-likeness (QED) is 0.662. The number of hydrogen-bond acceptors (Lipinski definition) is 0. The molecule has 2 aliphatic carbocycles. The van der Waals surface area contributed by atoms with Crippen LogP contribution < -0.4 is 0 Å². The highest BCUT2D eigenvalue weighted by Crippen LogP contribution is 2.50. The molecule has 0 aliphatic heterocycles. The molecule has 0 bridgehead atoms. The Morgan fingerprint density at radius 2 is 1.41 bits per heavy atom. The summed E-state index contributed by atoms with van der Waals surface area (Å²) in [6.45, 7) is 0. The monoisotopic (exact) mass is 228 g/mol. The van der Waals surface area contributed by atoms with Gasteiger partial charge in [0.2, 0.25) is 0 Å². The Morgan fingerprint density at radius 3 is 2.06 bits per heavy atom. The molecule has 0 radical (unpaired) electrons. The summed E-state index contributed by atoms with van der Waals surface area (Å²) in [5.74, 6) is 0.977. The number of hydrogen-bond donors (Lipinski definition) is 0. The van der Waals surface area contributed by atoms with E-state index in [9.17, 15) is 0 Å². The third-order valence-electron chi connectivity index (χ3n) is 5.23. The lowest BCUT2D eigenvalue weighted by Crippen LogP contribution is -2.36. The van der Waals surface area contributed by atoms with E-state index in [1.807, 2.05) is 0 Å². The largest absolute Gasteiger partial charge is 0.0622 e. The molecule has 2 saturated carbocycles. The molecule has 0 unspecified atom stereocenters. The summed E-state index contributed by atoms with van der Waals surface area (Å²) in [7, 11) is 0. The SMILES string of the molecule is c1ccc(C2(C3CCCC3)CCCCC2)cc1. The van der Waals surface area contributed by atoms with Crippen molar-refractivity contribution in [1.82, 2.24) is 0 Å². The fourth-order valence-corrected chi connectivity index (χ4v) is 4.36. The highest BCUT2D eigenvalue weighted by molar-refractivity contribution is 5.27. The number of benzene rings is 1. The van der Waals surface area contributed by atoms with Crippen LogP contribution in [0.1, 0.15) is 63.4 Å². The van der Waals surface area contributed by atoms with Crippen molar-refractivity contribution < 1.29 is 0 Å². The fraction of sp³-hybridized carbons (Fsp3) is 0.647. The second kappa shape index (κ2) is 4.84. The Kier molecular flexibility index (Phi) is 3.22. The summed E-state index contributed by atoms with van der Waals surface area (Å²) >= 11 is 0. The predicted molar refractivity (Wildman–Crippen MR) is 73.2 cm³/mol. The van der Waals surface area contributed by atoms with E-state index < -0.39 is 0 Å². The van der Waals surface area contributed by atoms with E-state index in [0.29, 0.717) is 5.41 Å². The molecule has 0 nitrogen and oxygen atoms in total. The molecule has 0 heteroatoms. The maximum Gasteiger partial charge on any atom is -0.00188 e. The van der Waals surface area contributed by atoms with Crippen molar-refractivity contribution in [2.75, 3.05) is 0 Å². The zero-order valence-corrected chi connectivity index (χ0v) is 10.8. The molecule has 1 aromatic carbocycles. The Hall–Kier alpha value is -0.780. The van der Waals surface area contributed by atoms with Crippen LogP contribution in [0.15, 0.2) is 30.3 Å². The van der Waals surface area contributed by atoms with Crippen molar-refractivity contribution in [1.29, 1.82) is 0 Å². The Balaban J connectivity index is 1.95. The average molecular weight is 228 g/mol. The average Bonchev–Trinajstić information content (AvgIpc) is 2.95. The smallest absolute Gasteiger partial charge is 0.00188 e. The van der Waals surface area contributed by atoms with Gasteiger partial charge in [0.1, 0.15) is 0 Å². The second-order valence-electron chi connectivity index (χ2n) is 6.06. The van der Waals surface area contributed by atoms with E-state index in [1.54, 1.807) is 5.56 Å². The molecule has 0 heterocycles. The van der Waals surface area contributed by atoms with Crippen LogP contribution in [0.5, 0.6) is 0 Å². The van der Waals surface area contributed by atoms with Gasteiger partial charge in [-0.1, -0.05) is 62.4 Å². The van der Waals surface area contributed by atoms with Crippen molar-refractivity contribution in [2.45, 2.75) is 63.2 Å². The maximum atomic E-state index is 2.39. The third-order valence-corrected chi connectivity index (χ3v) is 5.23. The highest BCUT2D eigenvalue weighted by Gasteiger charge is 2.41. The minimum atomic E-state index is 0.552. The first-order chi connectivity index (χ1) is 8.42. The van der Waals surface area contributed by atoms with Gasteiger partial charge in [-0.25, -0.2) is 0 Å². The van der Waals surface area contributed by atoms with E-state index in [4.69, 9.17) is 0 Å². The van der Waals surface area contributed by atoms with Gasteiger partial charge in [-0.2, -0.15) is 0 Å². The van der Waals surface area contributed by atoms with E-state index in [2.05, 4.69) is 30.3 Å². The molecule has 0 N–H and O–H groups in total. The Morgan fingerprint density at radius 1 is 0.765 bits per heavy atom. The van der Waals surface area contributed by atoms with Crippen LogP contribution in [0, 0.1) is 5.92 Å². The van der Waals surface area contributed by atoms with E-state index in [1.165, 1.54) is 57.8 Å². The van der Waals surface area contributed by atoms with Gasteiger partial charge in [-0.3, -0.25) is 0 Å². The molecule has 0 aromatic heterocycles. The van der Waals surface area contributed by atoms with Gasteiger partial charge in [0.05, 0.1) is 0 Å². The fourth-order valence-electron chi connectivity index (χ4n) is 4.36. The number of rotatable bonds is 2. The zero-order chi connectivity index (χ0) is 11.6. The standard InChI is InChI=1S/C17H24/c1-3-9-15(10-4-1)17(13-7-2-8-14-17)16-11-5-6-12-16/h1,3-4,9-10,16H,2,5-8,11-14H2. The minimum absolute atomic E-state index is 0.552. The summed E-state index contributed by atoms with van der Waals surface area (Å²) in [5, 5.41) is 0. The summed E-state index contributed by atoms with van der Waals surface area (Å²) in [6, 6.07) is 11.4. The molecule has 92 valence electrons. The molecular formula is C17H24. The maximum absolute atomic E-state index is 2.39. The van der Waals surface area contributed by atoms with Crippen LogP contribution in [-0.4, -0.2) is 0 Å². The van der Waals surface area contributed by atoms with E-state index >= 15 is 0 Å².